The average Bonchev–Trinajstić information content (AvgIpc) is 3.25. The van der Waals surface area contributed by atoms with Crippen molar-refractivity contribution in [2.45, 2.75) is 108 Å². The van der Waals surface area contributed by atoms with Gasteiger partial charge in [-0.25, -0.2) is 9.59 Å². The molecule has 6 rings (SSSR count). The van der Waals surface area contributed by atoms with Gasteiger partial charge >= 0.3 is 23.9 Å². The van der Waals surface area contributed by atoms with Gasteiger partial charge in [0.25, 0.3) is 5.91 Å². The summed E-state index contributed by atoms with van der Waals surface area (Å²) in [5.41, 5.74) is -8.82. The van der Waals surface area contributed by atoms with E-state index in [1.807, 2.05) is 0 Å². The van der Waals surface area contributed by atoms with Crippen LogP contribution in [0.4, 0.5) is 0 Å². The molecule has 3 aromatic carbocycles. The predicted octanol–water partition coefficient (Wildman–Crippen LogP) is 2.69. The van der Waals surface area contributed by atoms with E-state index in [0.717, 1.165) is 13.8 Å². The maximum atomic E-state index is 15.3. The Morgan fingerprint density at radius 1 is 0.794 bits per heavy atom. The van der Waals surface area contributed by atoms with Gasteiger partial charge in [-0.1, -0.05) is 80.6 Å². The van der Waals surface area contributed by atoms with E-state index in [-0.39, 0.29) is 22.3 Å². The number of benzene rings is 3. The molecule has 16 nitrogen and oxygen atoms in total. The number of hydrogen-bond donors (Lipinski definition) is 6. The molecule has 3 aromatic rings. The maximum absolute atomic E-state index is 15.3. The summed E-state index contributed by atoms with van der Waals surface area (Å²) in [6, 6.07) is 22.4. The molecule has 336 valence electrons. The first-order valence-corrected chi connectivity index (χ1v) is 20.5. The number of nitrogens with one attached hydrogen (secondary N) is 1. The number of aliphatic hydroxyl groups excluding tert-OH is 3. The number of carbonyl (C=O) groups excluding carboxylic acids is 6. The summed E-state index contributed by atoms with van der Waals surface area (Å²) in [5.74, 6) is -7.88. The van der Waals surface area contributed by atoms with E-state index < -0.39 is 126 Å². The van der Waals surface area contributed by atoms with Crippen LogP contribution in [0.5, 0.6) is 0 Å². The lowest BCUT2D eigenvalue weighted by Crippen LogP contribution is -2.78. The molecule has 0 unspecified atom stereocenters. The first-order chi connectivity index (χ1) is 29.6. The van der Waals surface area contributed by atoms with Crippen molar-refractivity contribution in [3.05, 3.63) is 119 Å². The van der Waals surface area contributed by atoms with Gasteiger partial charge in [-0.05, 0) is 54.8 Å². The summed E-state index contributed by atoms with van der Waals surface area (Å²) >= 11 is 0. The fourth-order valence-corrected chi connectivity index (χ4v) is 9.75. The SMILES string of the molecule is CC(=O)O[C@H]1C(=O)[C@@]2(C)[C@H]([C@H](O)[C@]3(O)C[C@H](OC(=O)[C@H](O)[C@@H](NC(=O)c4ccccc4)c4ccccc4)C(C)=C1C3(C)C)[C@](O)(COC(=O)c1ccccc1)[C@@H](OC(C)=O)C[C@@H]2O. The van der Waals surface area contributed by atoms with Crippen molar-refractivity contribution < 1.29 is 73.2 Å². The normalized spacial score (nSPS) is 30.9. The molecule has 63 heavy (non-hydrogen) atoms. The summed E-state index contributed by atoms with van der Waals surface area (Å²) < 4.78 is 22.8. The number of rotatable bonds is 11. The van der Waals surface area contributed by atoms with Gasteiger partial charge in [0.15, 0.2) is 18.0 Å². The van der Waals surface area contributed by atoms with Crippen LogP contribution in [0.25, 0.3) is 0 Å². The molecule has 0 radical (unpaired) electrons. The number of ketones is 1. The zero-order valence-corrected chi connectivity index (χ0v) is 35.7. The summed E-state index contributed by atoms with van der Waals surface area (Å²) in [4.78, 5) is 81.6. The lowest BCUT2D eigenvalue weighted by molar-refractivity contribution is -0.288. The average molecular weight is 872 g/mol. The molecular formula is C47H53NO15. The molecule has 16 heteroatoms. The third-order valence-electron chi connectivity index (χ3n) is 13.2. The van der Waals surface area contributed by atoms with Gasteiger partial charge in [-0.2, -0.15) is 0 Å². The molecular weight excluding hydrogens is 819 g/mol. The largest absolute Gasteiger partial charge is 0.459 e. The Bertz CT molecular complexity index is 2260. The smallest absolute Gasteiger partial charge is 0.338 e. The maximum Gasteiger partial charge on any atom is 0.338 e. The Morgan fingerprint density at radius 3 is 1.89 bits per heavy atom. The Hall–Kier alpha value is -5.78. The van der Waals surface area contributed by atoms with Gasteiger partial charge < -0.3 is 49.8 Å². The first-order valence-electron chi connectivity index (χ1n) is 20.5. The molecule has 3 aliphatic rings. The van der Waals surface area contributed by atoms with E-state index in [0.29, 0.717) is 5.56 Å². The number of esters is 4. The quantitative estimate of drug-likeness (QED) is 0.0921. The van der Waals surface area contributed by atoms with Crippen molar-refractivity contribution in [2.24, 2.45) is 16.7 Å². The number of Topliss-reactive ketones (excluding diaryl/α,β-unsaturated/α-hetero) is 1. The molecule has 6 N–H and O–H groups in total. The minimum Gasteiger partial charge on any atom is -0.459 e. The van der Waals surface area contributed by atoms with Gasteiger partial charge in [-0.15, -0.1) is 0 Å². The monoisotopic (exact) mass is 871 g/mol. The van der Waals surface area contributed by atoms with Crippen LogP contribution < -0.4 is 5.32 Å². The van der Waals surface area contributed by atoms with E-state index in [1.165, 1.54) is 52.0 Å². The second-order valence-corrected chi connectivity index (χ2v) is 17.3. The second kappa shape index (κ2) is 17.8. The highest BCUT2D eigenvalue weighted by molar-refractivity contribution is 5.96. The van der Waals surface area contributed by atoms with E-state index in [2.05, 4.69) is 5.32 Å². The van der Waals surface area contributed by atoms with E-state index in [4.69, 9.17) is 18.9 Å². The molecule has 0 heterocycles. The number of carbonyl (C=O) groups is 6. The minimum atomic E-state index is -2.73. The first kappa shape index (κ1) is 46.7. The van der Waals surface area contributed by atoms with Crippen LogP contribution in [-0.4, -0.2) is 116 Å². The van der Waals surface area contributed by atoms with Crippen molar-refractivity contribution >= 4 is 35.6 Å². The molecule has 11 atom stereocenters. The van der Waals surface area contributed by atoms with Crippen LogP contribution in [0.3, 0.4) is 0 Å². The van der Waals surface area contributed by atoms with Crippen molar-refractivity contribution in [3.63, 3.8) is 0 Å². The van der Waals surface area contributed by atoms with E-state index >= 15 is 4.79 Å². The van der Waals surface area contributed by atoms with Crippen molar-refractivity contribution in [2.75, 3.05) is 6.61 Å². The summed E-state index contributed by atoms with van der Waals surface area (Å²) in [6.07, 6.45) is -12.8. The van der Waals surface area contributed by atoms with Crippen LogP contribution in [-0.2, 0) is 38.1 Å². The number of aliphatic hydroxyl groups is 5. The highest BCUT2D eigenvalue weighted by atomic mass is 16.6. The lowest BCUT2D eigenvalue weighted by Gasteiger charge is -2.63. The predicted molar refractivity (Wildman–Crippen MR) is 221 cm³/mol. The zero-order chi connectivity index (χ0) is 46.2. The van der Waals surface area contributed by atoms with E-state index in [1.54, 1.807) is 66.7 Å². The van der Waals surface area contributed by atoms with Gasteiger partial charge in [0.2, 0.25) is 0 Å². The molecule has 2 fully saturated rings. The molecule has 0 aromatic heterocycles. The number of hydrogen-bond acceptors (Lipinski definition) is 15. The van der Waals surface area contributed by atoms with Gasteiger partial charge in [0, 0.05) is 43.6 Å². The summed E-state index contributed by atoms with van der Waals surface area (Å²) in [5, 5.41) is 65.2. The minimum absolute atomic E-state index is 0.0613. The molecule has 3 aliphatic carbocycles. The molecule has 1 amide bonds. The van der Waals surface area contributed by atoms with Crippen LogP contribution in [0.15, 0.2) is 102 Å². The van der Waals surface area contributed by atoms with Crippen LogP contribution in [0, 0.1) is 16.7 Å². The number of ether oxygens (including phenoxy) is 4. The molecule has 2 saturated carbocycles. The fourth-order valence-electron chi connectivity index (χ4n) is 9.75. The summed E-state index contributed by atoms with van der Waals surface area (Å²) in [6.45, 7) is 6.55. The Morgan fingerprint density at radius 2 is 1.33 bits per heavy atom. The highest BCUT2D eigenvalue weighted by Crippen LogP contribution is 2.61. The fraction of sp³-hybridized carbons (Fsp3) is 0.447. The zero-order valence-electron chi connectivity index (χ0n) is 35.7. The van der Waals surface area contributed by atoms with Gasteiger partial charge in [-0.3, -0.25) is 19.2 Å². The second-order valence-electron chi connectivity index (χ2n) is 17.3. The van der Waals surface area contributed by atoms with E-state index in [9.17, 15) is 49.5 Å². The molecule has 0 spiro atoms. The third-order valence-corrected chi connectivity index (χ3v) is 13.2. The molecule has 0 aliphatic heterocycles. The third kappa shape index (κ3) is 8.41. The standard InChI is InChI=1S/C47H53NO15/c1-25-31(63-43(57)36(52)35(28-16-10-7-11-17-28)48-41(55)29-18-12-8-13-19-29)23-47(59)40(54)38-45(6,39(53)37(62-27(3)50)34(25)44(47,4)5)32(51)22-33(61-26(2)49)46(38,58)24-60-42(56)30-20-14-9-15-21-30/h7-21,31-33,35-38,40,51-52,54,58-59H,22-24H2,1-6H3,(H,48,55)/t31-,32-,33-,35-,36+,37+,38-,40-,45+,46-,47+/m0/s1. The number of fused-ring (bicyclic) bond motifs is 3. The van der Waals surface area contributed by atoms with Crippen molar-refractivity contribution in [1.82, 2.24) is 5.32 Å². The Balaban J connectivity index is 1.46. The number of amides is 1. The molecule has 0 saturated heterocycles. The Labute approximate surface area is 363 Å². The van der Waals surface area contributed by atoms with Gasteiger partial charge in [0.1, 0.15) is 30.0 Å². The topological polar surface area (TPSA) is 253 Å². The van der Waals surface area contributed by atoms with Gasteiger partial charge in [0.05, 0.1) is 29.2 Å². The lowest BCUT2D eigenvalue weighted by atomic mass is 9.45. The Kier molecular flexibility index (Phi) is 13.2. The summed E-state index contributed by atoms with van der Waals surface area (Å²) in [7, 11) is 0. The van der Waals surface area contributed by atoms with Crippen molar-refractivity contribution in [1.29, 1.82) is 0 Å². The van der Waals surface area contributed by atoms with Crippen LogP contribution in [0.2, 0.25) is 0 Å². The van der Waals surface area contributed by atoms with Crippen LogP contribution >= 0.6 is 0 Å². The van der Waals surface area contributed by atoms with Crippen LogP contribution in [0.1, 0.15) is 86.7 Å². The molecule has 2 bridgehead atoms. The van der Waals surface area contributed by atoms with Crippen molar-refractivity contribution in [3.8, 4) is 0 Å². The highest BCUT2D eigenvalue weighted by Gasteiger charge is 2.74.